The van der Waals surface area contributed by atoms with Gasteiger partial charge in [-0.05, 0) is 50.5 Å². The molecule has 0 saturated carbocycles. The number of ether oxygens (including phenoxy) is 1. The van der Waals surface area contributed by atoms with Crippen LogP contribution in [-0.4, -0.2) is 0 Å². The summed E-state index contributed by atoms with van der Waals surface area (Å²) in [7, 11) is 0. The lowest BCUT2D eigenvalue weighted by atomic mass is 10.1. The van der Waals surface area contributed by atoms with Crippen LogP contribution in [0.1, 0.15) is 27.8 Å². The van der Waals surface area contributed by atoms with E-state index in [0.29, 0.717) is 6.61 Å². The first kappa shape index (κ1) is 12.7. The van der Waals surface area contributed by atoms with Crippen molar-refractivity contribution in [1.82, 2.24) is 0 Å². The molecule has 0 aliphatic rings. The fourth-order valence-electron chi connectivity index (χ4n) is 2.07. The second-order valence-corrected chi connectivity index (χ2v) is 4.99. The summed E-state index contributed by atoms with van der Waals surface area (Å²) in [4.78, 5) is 0. The summed E-state index contributed by atoms with van der Waals surface area (Å²) in [5.41, 5.74) is 6.28. The fraction of sp³-hybridized carbons (Fsp3) is 0.294. The summed E-state index contributed by atoms with van der Waals surface area (Å²) >= 11 is 0. The first-order valence-corrected chi connectivity index (χ1v) is 6.32. The van der Waals surface area contributed by atoms with Crippen molar-refractivity contribution in [2.45, 2.75) is 34.3 Å². The van der Waals surface area contributed by atoms with Gasteiger partial charge in [-0.1, -0.05) is 41.5 Å². The van der Waals surface area contributed by atoms with E-state index >= 15 is 0 Å². The van der Waals surface area contributed by atoms with Gasteiger partial charge < -0.3 is 4.74 Å². The van der Waals surface area contributed by atoms with E-state index in [9.17, 15) is 0 Å². The standard InChI is InChI=1S/C17H20O/c1-12-6-8-17(15(4)9-12)18-11-16-10-13(2)5-7-14(16)3/h5-10H,11H2,1-4H3. The third-order valence-corrected chi connectivity index (χ3v) is 3.22. The number of rotatable bonds is 3. The lowest BCUT2D eigenvalue weighted by molar-refractivity contribution is 0.303. The van der Waals surface area contributed by atoms with Gasteiger partial charge in [-0.2, -0.15) is 0 Å². The Morgan fingerprint density at radius 2 is 1.44 bits per heavy atom. The second kappa shape index (κ2) is 5.26. The minimum Gasteiger partial charge on any atom is -0.489 e. The van der Waals surface area contributed by atoms with Gasteiger partial charge in [0.2, 0.25) is 0 Å². The van der Waals surface area contributed by atoms with Crippen LogP contribution in [0.5, 0.6) is 5.75 Å². The topological polar surface area (TPSA) is 9.23 Å². The Morgan fingerprint density at radius 3 is 2.17 bits per heavy atom. The summed E-state index contributed by atoms with van der Waals surface area (Å²) in [6.45, 7) is 9.06. The van der Waals surface area contributed by atoms with Crippen LogP contribution >= 0.6 is 0 Å². The molecule has 0 aliphatic carbocycles. The van der Waals surface area contributed by atoms with Crippen LogP contribution in [-0.2, 0) is 6.61 Å². The van der Waals surface area contributed by atoms with E-state index in [0.717, 1.165) is 5.75 Å². The third-order valence-electron chi connectivity index (χ3n) is 3.22. The zero-order chi connectivity index (χ0) is 13.1. The minimum absolute atomic E-state index is 0.636. The molecule has 94 valence electrons. The Balaban J connectivity index is 2.13. The molecule has 0 aliphatic heterocycles. The molecular formula is C17H20O. The van der Waals surface area contributed by atoms with Gasteiger partial charge in [-0.25, -0.2) is 0 Å². The van der Waals surface area contributed by atoms with Gasteiger partial charge >= 0.3 is 0 Å². The highest BCUT2D eigenvalue weighted by Gasteiger charge is 2.03. The van der Waals surface area contributed by atoms with Crippen molar-refractivity contribution in [1.29, 1.82) is 0 Å². The van der Waals surface area contributed by atoms with Crippen LogP contribution in [0.25, 0.3) is 0 Å². The van der Waals surface area contributed by atoms with Crippen molar-refractivity contribution in [3.05, 3.63) is 64.2 Å². The number of hydrogen-bond acceptors (Lipinski definition) is 1. The molecule has 1 nitrogen and oxygen atoms in total. The Hall–Kier alpha value is -1.76. The van der Waals surface area contributed by atoms with E-state index in [4.69, 9.17) is 4.74 Å². The number of aryl methyl sites for hydroxylation is 4. The van der Waals surface area contributed by atoms with Crippen LogP contribution in [0, 0.1) is 27.7 Å². The fourth-order valence-corrected chi connectivity index (χ4v) is 2.07. The average Bonchev–Trinajstić information content (AvgIpc) is 2.32. The van der Waals surface area contributed by atoms with Gasteiger partial charge in [0.05, 0.1) is 0 Å². The molecule has 0 unspecified atom stereocenters. The third kappa shape index (κ3) is 2.92. The van der Waals surface area contributed by atoms with Gasteiger partial charge in [-0.15, -0.1) is 0 Å². The molecule has 18 heavy (non-hydrogen) atoms. The molecular weight excluding hydrogens is 220 g/mol. The molecule has 0 amide bonds. The lowest BCUT2D eigenvalue weighted by Crippen LogP contribution is -1.99. The van der Waals surface area contributed by atoms with E-state index in [-0.39, 0.29) is 0 Å². The Morgan fingerprint density at radius 1 is 0.778 bits per heavy atom. The van der Waals surface area contributed by atoms with E-state index in [1.807, 2.05) is 0 Å². The van der Waals surface area contributed by atoms with Crippen molar-refractivity contribution in [3.8, 4) is 5.75 Å². The molecule has 2 aromatic carbocycles. The smallest absolute Gasteiger partial charge is 0.122 e. The van der Waals surface area contributed by atoms with Crippen LogP contribution in [0.4, 0.5) is 0 Å². The molecule has 0 bridgehead atoms. The van der Waals surface area contributed by atoms with Crippen LogP contribution in [0.15, 0.2) is 36.4 Å². The Kier molecular flexibility index (Phi) is 3.71. The van der Waals surface area contributed by atoms with Crippen LogP contribution in [0.2, 0.25) is 0 Å². The highest BCUT2D eigenvalue weighted by Crippen LogP contribution is 2.21. The zero-order valence-electron chi connectivity index (χ0n) is 11.6. The van der Waals surface area contributed by atoms with Gasteiger partial charge in [0.15, 0.2) is 0 Å². The number of hydrogen-bond donors (Lipinski definition) is 0. The molecule has 0 aromatic heterocycles. The SMILES string of the molecule is Cc1ccc(OCc2cc(C)ccc2C)c(C)c1. The van der Waals surface area contributed by atoms with E-state index < -0.39 is 0 Å². The summed E-state index contributed by atoms with van der Waals surface area (Å²) < 4.78 is 5.91. The van der Waals surface area contributed by atoms with E-state index in [1.54, 1.807) is 0 Å². The van der Waals surface area contributed by atoms with Gasteiger partial charge in [-0.3, -0.25) is 0 Å². The molecule has 0 heterocycles. The van der Waals surface area contributed by atoms with Gasteiger partial charge in [0.25, 0.3) is 0 Å². The summed E-state index contributed by atoms with van der Waals surface area (Å²) in [6, 6.07) is 12.8. The maximum atomic E-state index is 5.91. The number of benzene rings is 2. The van der Waals surface area contributed by atoms with Crippen molar-refractivity contribution in [3.63, 3.8) is 0 Å². The maximum absolute atomic E-state index is 5.91. The summed E-state index contributed by atoms with van der Waals surface area (Å²) in [5, 5.41) is 0. The molecule has 0 saturated heterocycles. The van der Waals surface area contributed by atoms with Crippen molar-refractivity contribution < 1.29 is 4.74 Å². The monoisotopic (exact) mass is 240 g/mol. The Bertz CT molecular complexity index is 556. The van der Waals surface area contributed by atoms with Crippen LogP contribution in [0.3, 0.4) is 0 Å². The second-order valence-electron chi connectivity index (χ2n) is 4.99. The lowest BCUT2D eigenvalue weighted by Gasteiger charge is -2.12. The highest BCUT2D eigenvalue weighted by molar-refractivity contribution is 5.36. The molecule has 1 heteroatoms. The zero-order valence-corrected chi connectivity index (χ0v) is 11.6. The predicted octanol–water partition coefficient (Wildman–Crippen LogP) is 4.50. The summed E-state index contributed by atoms with van der Waals surface area (Å²) in [6.07, 6.45) is 0. The van der Waals surface area contributed by atoms with E-state index in [2.05, 4.69) is 64.1 Å². The predicted molar refractivity (Wildman–Crippen MR) is 76.2 cm³/mol. The first-order valence-electron chi connectivity index (χ1n) is 6.32. The largest absolute Gasteiger partial charge is 0.489 e. The van der Waals surface area contributed by atoms with Crippen molar-refractivity contribution in [2.24, 2.45) is 0 Å². The first-order chi connectivity index (χ1) is 8.56. The Labute approximate surface area is 109 Å². The van der Waals surface area contributed by atoms with E-state index in [1.165, 1.54) is 27.8 Å². The molecule has 0 fully saturated rings. The molecule has 0 spiro atoms. The highest BCUT2D eigenvalue weighted by atomic mass is 16.5. The minimum atomic E-state index is 0.636. The maximum Gasteiger partial charge on any atom is 0.122 e. The normalized spacial score (nSPS) is 10.4. The van der Waals surface area contributed by atoms with Crippen LogP contribution < -0.4 is 4.74 Å². The average molecular weight is 240 g/mol. The van der Waals surface area contributed by atoms with Gasteiger partial charge in [0.1, 0.15) is 12.4 Å². The quantitative estimate of drug-likeness (QED) is 0.767. The van der Waals surface area contributed by atoms with Crippen molar-refractivity contribution in [2.75, 3.05) is 0 Å². The molecule has 0 N–H and O–H groups in total. The molecule has 0 radical (unpaired) electrons. The molecule has 2 aromatic rings. The summed E-state index contributed by atoms with van der Waals surface area (Å²) in [5.74, 6) is 0.974. The van der Waals surface area contributed by atoms with Crippen molar-refractivity contribution >= 4 is 0 Å². The molecule has 0 atom stereocenters. The van der Waals surface area contributed by atoms with Gasteiger partial charge in [0, 0.05) is 0 Å². The molecule has 2 rings (SSSR count).